The minimum absolute atomic E-state index is 0.125. The van der Waals surface area contributed by atoms with Gasteiger partial charge in [-0.1, -0.05) is 29.4 Å². The van der Waals surface area contributed by atoms with E-state index in [1.807, 2.05) is 54.6 Å². The third kappa shape index (κ3) is 5.01. The molecule has 5 rings (SSSR count). The molecule has 0 spiro atoms. The molecule has 2 aromatic heterocycles. The van der Waals surface area contributed by atoms with Gasteiger partial charge < -0.3 is 20.1 Å². The molecular formula is C24H24N8O2. The molecular weight excluding hydrogens is 432 g/mol. The van der Waals surface area contributed by atoms with Gasteiger partial charge >= 0.3 is 0 Å². The van der Waals surface area contributed by atoms with Gasteiger partial charge in [0.2, 0.25) is 17.8 Å². The van der Waals surface area contributed by atoms with Crippen molar-refractivity contribution in [2.24, 2.45) is 0 Å². The summed E-state index contributed by atoms with van der Waals surface area (Å²) in [6, 6.07) is 17.2. The maximum Gasteiger partial charge on any atom is 0.257 e. The largest absolute Gasteiger partial charge is 0.341 e. The third-order valence-corrected chi connectivity index (χ3v) is 5.60. The van der Waals surface area contributed by atoms with E-state index in [0.29, 0.717) is 23.5 Å². The fourth-order valence-corrected chi connectivity index (χ4v) is 3.94. The second-order valence-corrected chi connectivity index (χ2v) is 8.08. The lowest BCUT2D eigenvalue weighted by atomic mass is 9.96. The number of benzene rings is 2. The van der Waals surface area contributed by atoms with Gasteiger partial charge in [0.15, 0.2) is 5.82 Å². The van der Waals surface area contributed by atoms with E-state index >= 15 is 0 Å². The van der Waals surface area contributed by atoms with Gasteiger partial charge in [0, 0.05) is 42.9 Å². The number of hydrogen-bond acceptors (Lipinski definition) is 9. The molecule has 172 valence electrons. The van der Waals surface area contributed by atoms with Crippen molar-refractivity contribution in [1.82, 2.24) is 25.1 Å². The van der Waals surface area contributed by atoms with Crippen molar-refractivity contribution in [3.05, 3.63) is 66.7 Å². The second kappa shape index (κ2) is 9.65. The van der Waals surface area contributed by atoms with Crippen LogP contribution in [-0.4, -0.2) is 44.1 Å². The summed E-state index contributed by atoms with van der Waals surface area (Å²) in [6.45, 7) is 3.03. The average molecular weight is 457 g/mol. The van der Waals surface area contributed by atoms with Crippen LogP contribution in [0.5, 0.6) is 0 Å². The lowest BCUT2D eigenvalue weighted by molar-refractivity contribution is -0.114. The molecule has 3 heterocycles. The standard InChI is InChI=1S/C24H24N8O2/c1-16(33)27-19-8-5-9-20(14-19)28-23-25-15-26-24(30-23)32-12-10-17(11-13-32)21-29-22(34-31-21)18-6-3-2-4-7-18/h2-9,14-15,17H,10-13H2,1H3,(H,27,33)(H,25,26,28,30). The van der Waals surface area contributed by atoms with Gasteiger partial charge in [-0.25, -0.2) is 9.97 Å². The van der Waals surface area contributed by atoms with Gasteiger partial charge in [0.05, 0.1) is 0 Å². The number of rotatable bonds is 6. The van der Waals surface area contributed by atoms with Gasteiger partial charge in [-0.15, -0.1) is 0 Å². The quantitative estimate of drug-likeness (QED) is 0.443. The summed E-state index contributed by atoms with van der Waals surface area (Å²) < 4.78 is 5.48. The van der Waals surface area contributed by atoms with E-state index in [1.54, 1.807) is 0 Å². The number of aromatic nitrogens is 5. The highest BCUT2D eigenvalue weighted by Crippen LogP contribution is 2.29. The van der Waals surface area contributed by atoms with E-state index in [0.717, 1.165) is 43.0 Å². The van der Waals surface area contributed by atoms with Crippen LogP contribution in [0.3, 0.4) is 0 Å². The molecule has 1 aliphatic heterocycles. The SMILES string of the molecule is CC(=O)Nc1cccc(Nc2ncnc(N3CCC(c4noc(-c5ccccc5)n4)CC3)n2)c1. The lowest BCUT2D eigenvalue weighted by Gasteiger charge is -2.30. The molecule has 0 atom stereocenters. The minimum Gasteiger partial charge on any atom is -0.341 e. The van der Waals surface area contributed by atoms with E-state index in [2.05, 4.69) is 40.6 Å². The van der Waals surface area contributed by atoms with Crippen molar-refractivity contribution in [3.8, 4) is 11.5 Å². The Bertz CT molecular complexity index is 1270. The van der Waals surface area contributed by atoms with Crippen molar-refractivity contribution < 1.29 is 9.32 Å². The molecule has 1 amide bonds. The number of nitrogens with one attached hydrogen (secondary N) is 2. The van der Waals surface area contributed by atoms with Crippen molar-refractivity contribution in [2.75, 3.05) is 28.6 Å². The number of nitrogens with zero attached hydrogens (tertiary/aromatic N) is 6. The summed E-state index contributed by atoms with van der Waals surface area (Å²) in [5, 5.41) is 10.2. The Hall–Kier alpha value is -4.34. The monoisotopic (exact) mass is 456 g/mol. The summed E-state index contributed by atoms with van der Waals surface area (Å²) in [4.78, 5) is 31.2. The van der Waals surface area contributed by atoms with Gasteiger partial charge in [0.1, 0.15) is 6.33 Å². The predicted molar refractivity (Wildman–Crippen MR) is 128 cm³/mol. The molecule has 34 heavy (non-hydrogen) atoms. The smallest absolute Gasteiger partial charge is 0.257 e. The van der Waals surface area contributed by atoms with Crippen LogP contribution in [0.25, 0.3) is 11.5 Å². The molecule has 1 fully saturated rings. The fraction of sp³-hybridized carbons (Fsp3) is 0.250. The van der Waals surface area contributed by atoms with Gasteiger partial charge in [-0.05, 0) is 43.2 Å². The Kier molecular flexibility index (Phi) is 6.11. The summed E-state index contributed by atoms with van der Waals surface area (Å²) in [7, 11) is 0. The zero-order valence-electron chi connectivity index (χ0n) is 18.7. The van der Waals surface area contributed by atoms with Crippen molar-refractivity contribution in [3.63, 3.8) is 0 Å². The molecule has 0 aliphatic carbocycles. The maximum absolute atomic E-state index is 11.3. The molecule has 0 saturated carbocycles. The minimum atomic E-state index is -0.125. The number of carbonyl (C=O) groups excluding carboxylic acids is 1. The van der Waals surface area contributed by atoms with Crippen molar-refractivity contribution in [1.29, 1.82) is 0 Å². The Morgan fingerprint density at radius 3 is 2.59 bits per heavy atom. The average Bonchev–Trinajstić information content (AvgIpc) is 3.35. The Morgan fingerprint density at radius 2 is 1.79 bits per heavy atom. The van der Waals surface area contributed by atoms with Gasteiger partial charge in [-0.2, -0.15) is 9.97 Å². The van der Waals surface area contributed by atoms with E-state index in [-0.39, 0.29) is 11.8 Å². The Morgan fingerprint density at radius 1 is 1.00 bits per heavy atom. The maximum atomic E-state index is 11.3. The van der Waals surface area contributed by atoms with Crippen LogP contribution < -0.4 is 15.5 Å². The zero-order chi connectivity index (χ0) is 23.3. The number of hydrogen-bond donors (Lipinski definition) is 2. The first-order chi connectivity index (χ1) is 16.6. The zero-order valence-corrected chi connectivity index (χ0v) is 18.7. The Labute approximate surface area is 196 Å². The molecule has 1 aliphatic rings. The van der Waals surface area contributed by atoms with Crippen LogP contribution in [0.2, 0.25) is 0 Å². The van der Waals surface area contributed by atoms with Crippen molar-refractivity contribution in [2.45, 2.75) is 25.7 Å². The fourth-order valence-electron chi connectivity index (χ4n) is 3.94. The molecule has 0 radical (unpaired) electrons. The van der Waals surface area contributed by atoms with Crippen molar-refractivity contribution >= 4 is 29.2 Å². The highest BCUT2D eigenvalue weighted by Gasteiger charge is 2.26. The van der Waals surface area contributed by atoms with E-state index in [1.165, 1.54) is 13.3 Å². The summed E-state index contributed by atoms with van der Waals surface area (Å²) in [6.07, 6.45) is 3.25. The topological polar surface area (TPSA) is 122 Å². The summed E-state index contributed by atoms with van der Waals surface area (Å²) in [5.74, 6) is 2.46. The molecule has 0 bridgehead atoms. The molecule has 2 aromatic carbocycles. The van der Waals surface area contributed by atoms with Crippen LogP contribution in [0.4, 0.5) is 23.3 Å². The number of anilines is 4. The molecule has 2 N–H and O–H groups in total. The number of carbonyl (C=O) groups is 1. The predicted octanol–water partition coefficient (Wildman–Crippen LogP) is 4.01. The highest BCUT2D eigenvalue weighted by molar-refractivity contribution is 5.89. The third-order valence-electron chi connectivity index (χ3n) is 5.60. The summed E-state index contributed by atoms with van der Waals surface area (Å²) in [5.41, 5.74) is 2.39. The van der Waals surface area contributed by atoms with Crippen LogP contribution in [0.15, 0.2) is 65.4 Å². The van der Waals surface area contributed by atoms with E-state index < -0.39 is 0 Å². The van der Waals surface area contributed by atoms with Gasteiger partial charge in [-0.3, -0.25) is 4.79 Å². The van der Waals surface area contributed by atoms with Crippen LogP contribution >= 0.6 is 0 Å². The molecule has 0 unspecified atom stereocenters. The molecule has 4 aromatic rings. The second-order valence-electron chi connectivity index (χ2n) is 8.08. The Balaban J connectivity index is 1.22. The molecule has 10 nitrogen and oxygen atoms in total. The van der Waals surface area contributed by atoms with E-state index in [4.69, 9.17) is 4.52 Å². The number of amides is 1. The normalized spacial score (nSPS) is 14.1. The van der Waals surface area contributed by atoms with Crippen LogP contribution in [0, 0.1) is 0 Å². The molecule has 10 heteroatoms. The number of piperidine rings is 1. The van der Waals surface area contributed by atoms with Crippen LogP contribution in [-0.2, 0) is 4.79 Å². The first kappa shape index (κ1) is 21.5. The first-order valence-electron chi connectivity index (χ1n) is 11.1. The lowest BCUT2D eigenvalue weighted by Crippen LogP contribution is -2.34. The van der Waals surface area contributed by atoms with E-state index in [9.17, 15) is 4.79 Å². The molecule has 1 saturated heterocycles. The highest BCUT2D eigenvalue weighted by atomic mass is 16.5. The van der Waals surface area contributed by atoms with Crippen LogP contribution in [0.1, 0.15) is 31.5 Å². The summed E-state index contributed by atoms with van der Waals surface area (Å²) >= 11 is 0. The first-order valence-corrected chi connectivity index (χ1v) is 11.1. The van der Waals surface area contributed by atoms with Gasteiger partial charge in [0.25, 0.3) is 5.89 Å².